The predicted molar refractivity (Wildman–Crippen MR) is 108 cm³/mol. The Balaban J connectivity index is 1.93. The van der Waals surface area contributed by atoms with E-state index in [1.54, 1.807) is 0 Å². The molecule has 0 spiro atoms. The molecule has 0 aliphatic carbocycles. The molecule has 0 saturated carbocycles. The Morgan fingerprint density at radius 1 is 1.00 bits per heavy atom. The molecule has 3 aromatic rings. The first kappa shape index (κ1) is 17.6. The number of aromatic nitrogens is 1. The van der Waals surface area contributed by atoms with Crippen LogP contribution in [0.25, 0.3) is 21.8 Å². The summed E-state index contributed by atoms with van der Waals surface area (Å²) in [6.07, 6.45) is 2.56. The highest BCUT2D eigenvalue weighted by Crippen LogP contribution is 2.32. The molecule has 24 heavy (non-hydrogen) atoms. The fraction of sp³-hybridized carbons (Fsp3) is 0.316. The molecule has 0 bridgehead atoms. The standard InChI is InChI=1S/C19H20Br2N2O/c1-22(8-2-3-11-24)9-10-23-18-12-14(20)4-6-16(18)17-7-5-15(21)13-19(17)23/h4-7,11-13H,2-3,8-10H2,1H3. The Labute approximate surface area is 158 Å². The van der Waals surface area contributed by atoms with Crippen molar-refractivity contribution in [1.82, 2.24) is 9.47 Å². The van der Waals surface area contributed by atoms with Gasteiger partial charge in [0.2, 0.25) is 0 Å². The van der Waals surface area contributed by atoms with E-state index in [0.717, 1.165) is 41.3 Å². The van der Waals surface area contributed by atoms with E-state index >= 15 is 0 Å². The number of nitrogens with zero attached hydrogens (tertiary/aromatic N) is 2. The van der Waals surface area contributed by atoms with E-state index in [0.29, 0.717) is 6.42 Å². The number of hydrogen-bond donors (Lipinski definition) is 0. The van der Waals surface area contributed by atoms with Crippen LogP contribution < -0.4 is 0 Å². The molecule has 0 aliphatic rings. The molecule has 0 unspecified atom stereocenters. The summed E-state index contributed by atoms with van der Waals surface area (Å²) >= 11 is 7.19. The van der Waals surface area contributed by atoms with Crippen molar-refractivity contribution in [2.75, 3.05) is 20.1 Å². The van der Waals surface area contributed by atoms with Crippen LogP contribution in [0.5, 0.6) is 0 Å². The Bertz CT molecular complexity index is 813. The lowest BCUT2D eigenvalue weighted by molar-refractivity contribution is -0.108. The van der Waals surface area contributed by atoms with E-state index in [1.165, 1.54) is 21.8 Å². The fourth-order valence-electron chi connectivity index (χ4n) is 3.11. The molecule has 0 saturated heterocycles. The van der Waals surface area contributed by atoms with Gasteiger partial charge in [0.25, 0.3) is 0 Å². The van der Waals surface area contributed by atoms with Gasteiger partial charge in [0, 0.05) is 39.2 Å². The molecule has 126 valence electrons. The van der Waals surface area contributed by atoms with Gasteiger partial charge < -0.3 is 14.3 Å². The highest BCUT2D eigenvalue weighted by Gasteiger charge is 2.12. The Kier molecular flexibility index (Phi) is 5.74. The summed E-state index contributed by atoms with van der Waals surface area (Å²) in [5.41, 5.74) is 2.50. The van der Waals surface area contributed by atoms with Crippen molar-refractivity contribution in [3.8, 4) is 0 Å². The van der Waals surface area contributed by atoms with Crippen molar-refractivity contribution in [1.29, 1.82) is 0 Å². The van der Waals surface area contributed by atoms with Crippen molar-refractivity contribution in [3.63, 3.8) is 0 Å². The smallest absolute Gasteiger partial charge is 0.120 e. The average Bonchev–Trinajstić information content (AvgIpc) is 2.85. The van der Waals surface area contributed by atoms with E-state index in [9.17, 15) is 4.79 Å². The molecule has 0 radical (unpaired) electrons. The molecular formula is C19H20Br2N2O. The lowest BCUT2D eigenvalue weighted by Crippen LogP contribution is -2.24. The number of likely N-dealkylation sites (N-methyl/N-ethyl adjacent to an activating group) is 1. The highest BCUT2D eigenvalue weighted by atomic mass is 79.9. The first-order valence-electron chi connectivity index (χ1n) is 8.09. The number of benzene rings is 2. The number of halogens is 2. The van der Waals surface area contributed by atoms with Crippen LogP contribution in [-0.4, -0.2) is 35.9 Å². The SMILES string of the molecule is CN(CCCC=O)CCn1c2cc(Br)ccc2c2ccc(Br)cc21. The molecule has 3 rings (SSSR count). The number of carbonyl (C=O) groups excluding carboxylic acids is 1. The monoisotopic (exact) mass is 450 g/mol. The minimum absolute atomic E-state index is 0.639. The third-order valence-corrected chi connectivity index (χ3v) is 5.34. The second-order valence-corrected chi connectivity index (χ2v) is 7.92. The number of rotatable bonds is 7. The van der Waals surface area contributed by atoms with E-state index in [1.807, 2.05) is 0 Å². The maximum absolute atomic E-state index is 10.5. The van der Waals surface area contributed by atoms with Crippen LogP contribution in [0.4, 0.5) is 0 Å². The third kappa shape index (κ3) is 3.73. The second kappa shape index (κ2) is 7.81. The Morgan fingerprint density at radius 2 is 1.58 bits per heavy atom. The number of unbranched alkanes of at least 4 members (excludes halogenated alkanes) is 1. The average molecular weight is 452 g/mol. The van der Waals surface area contributed by atoms with Crippen LogP contribution in [-0.2, 0) is 11.3 Å². The quantitative estimate of drug-likeness (QED) is 0.363. The van der Waals surface area contributed by atoms with Gasteiger partial charge in [-0.3, -0.25) is 0 Å². The number of hydrogen-bond acceptors (Lipinski definition) is 2. The lowest BCUT2D eigenvalue weighted by Gasteiger charge is -2.17. The summed E-state index contributed by atoms with van der Waals surface area (Å²) in [7, 11) is 2.12. The molecule has 3 nitrogen and oxygen atoms in total. The van der Waals surface area contributed by atoms with E-state index < -0.39 is 0 Å². The van der Waals surface area contributed by atoms with Crippen LogP contribution in [0, 0.1) is 0 Å². The fourth-order valence-corrected chi connectivity index (χ4v) is 3.81. The maximum atomic E-state index is 10.5. The number of carbonyl (C=O) groups is 1. The highest BCUT2D eigenvalue weighted by molar-refractivity contribution is 9.10. The molecule has 1 heterocycles. The van der Waals surface area contributed by atoms with Gasteiger partial charge >= 0.3 is 0 Å². The maximum Gasteiger partial charge on any atom is 0.120 e. The number of fused-ring (bicyclic) bond motifs is 3. The molecule has 1 aromatic heterocycles. The molecule has 0 N–H and O–H groups in total. The van der Waals surface area contributed by atoms with Gasteiger partial charge in [-0.05, 0) is 44.3 Å². The lowest BCUT2D eigenvalue weighted by atomic mass is 10.2. The first-order chi connectivity index (χ1) is 11.6. The minimum atomic E-state index is 0.639. The van der Waals surface area contributed by atoms with Crippen molar-refractivity contribution in [2.24, 2.45) is 0 Å². The van der Waals surface area contributed by atoms with Gasteiger partial charge in [-0.25, -0.2) is 0 Å². The molecule has 0 atom stereocenters. The number of aldehydes is 1. The van der Waals surface area contributed by atoms with Gasteiger partial charge in [0.1, 0.15) is 6.29 Å². The first-order valence-corrected chi connectivity index (χ1v) is 9.68. The molecule has 2 aromatic carbocycles. The van der Waals surface area contributed by atoms with Crippen LogP contribution in [0.1, 0.15) is 12.8 Å². The molecular weight excluding hydrogens is 432 g/mol. The van der Waals surface area contributed by atoms with Crippen molar-refractivity contribution < 1.29 is 4.79 Å². The largest absolute Gasteiger partial charge is 0.339 e. The summed E-state index contributed by atoms with van der Waals surface area (Å²) in [4.78, 5) is 12.7. The zero-order chi connectivity index (χ0) is 17.1. The van der Waals surface area contributed by atoms with Crippen molar-refractivity contribution >= 4 is 60.0 Å². The summed E-state index contributed by atoms with van der Waals surface area (Å²) in [6.45, 7) is 2.82. The minimum Gasteiger partial charge on any atom is -0.339 e. The van der Waals surface area contributed by atoms with Crippen LogP contribution >= 0.6 is 31.9 Å². The molecule has 0 fully saturated rings. The normalized spacial score (nSPS) is 11.7. The zero-order valence-electron chi connectivity index (χ0n) is 13.6. The summed E-state index contributed by atoms with van der Waals surface area (Å²) in [5, 5.41) is 2.56. The van der Waals surface area contributed by atoms with Gasteiger partial charge in [-0.1, -0.05) is 44.0 Å². The van der Waals surface area contributed by atoms with E-state index in [4.69, 9.17) is 0 Å². The van der Waals surface area contributed by atoms with Crippen LogP contribution in [0.3, 0.4) is 0 Å². The topological polar surface area (TPSA) is 25.2 Å². The predicted octanol–water partition coefficient (Wildman–Crippen LogP) is 5.23. The summed E-state index contributed by atoms with van der Waals surface area (Å²) in [5.74, 6) is 0. The van der Waals surface area contributed by atoms with E-state index in [2.05, 4.69) is 84.8 Å². The van der Waals surface area contributed by atoms with Gasteiger partial charge in [0.15, 0.2) is 0 Å². The van der Waals surface area contributed by atoms with Gasteiger partial charge in [-0.2, -0.15) is 0 Å². The zero-order valence-corrected chi connectivity index (χ0v) is 16.8. The Hall–Kier alpha value is -1.17. The van der Waals surface area contributed by atoms with E-state index in [-0.39, 0.29) is 0 Å². The Morgan fingerprint density at radius 3 is 2.12 bits per heavy atom. The molecule has 5 heteroatoms. The molecule has 0 aliphatic heterocycles. The van der Waals surface area contributed by atoms with Gasteiger partial charge in [0.05, 0.1) is 11.0 Å². The summed E-state index contributed by atoms with van der Waals surface area (Å²) < 4.78 is 4.58. The van der Waals surface area contributed by atoms with Crippen molar-refractivity contribution in [2.45, 2.75) is 19.4 Å². The molecule has 0 amide bonds. The van der Waals surface area contributed by atoms with Crippen LogP contribution in [0.15, 0.2) is 45.3 Å². The third-order valence-electron chi connectivity index (χ3n) is 4.36. The van der Waals surface area contributed by atoms with Gasteiger partial charge in [-0.15, -0.1) is 0 Å². The summed E-state index contributed by atoms with van der Waals surface area (Å²) in [6, 6.07) is 12.9. The van der Waals surface area contributed by atoms with Crippen molar-refractivity contribution in [3.05, 3.63) is 45.3 Å². The van der Waals surface area contributed by atoms with Crippen LogP contribution in [0.2, 0.25) is 0 Å². The second-order valence-electron chi connectivity index (χ2n) is 6.09.